The Hall–Kier alpha value is -2.78. The molecule has 29 heavy (non-hydrogen) atoms. The van der Waals surface area contributed by atoms with E-state index in [2.05, 4.69) is 5.32 Å². The average molecular weight is 422 g/mol. The van der Waals surface area contributed by atoms with Crippen LogP contribution in [0.1, 0.15) is 19.4 Å². The topological polar surface area (TPSA) is 92.8 Å². The van der Waals surface area contributed by atoms with Gasteiger partial charge in [0, 0.05) is 12.2 Å². The number of ether oxygens (including phenoxy) is 1. The summed E-state index contributed by atoms with van der Waals surface area (Å²) in [6.45, 7) is 3.33. The summed E-state index contributed by atoms with van der Waals surface area (Å²) in [5, 5.41) is 2.62. The Bertz CT molecular complexity index is 944. The Kier molecular flexibility index (Phi) is 7.86. The maximum atomic E-state index is 13.0. The molecule has 0 saturated carbocycles. The number of hydrogen-bond donors (Lipinski definition) is 1. The largest absolute Gasteiger partial charge is 0.466 e. The standard InChI is InChI=1S/C20H23FN2O5S/c1-3-23(29(26,27)18-11-7-16(21)8-12-18)14-19(24)22-17-9-5-15(6-10-17)13-20(25)28-4-2/h5-12H,3-4,13-14H2,1-2H3,(H,22,24). The Morgan fingerprint density at radius 3 is 2.21 bits per heavy atom. The monoisotopic (exact) mass is 422 g/mol. The minimum atomic E-state index is -3.93. The Balaban J connectivity index is 2.01. The lowest BCUT2D eigenvalue weighted by molar-refractivity contribution is -0.142. The van der Waals surface area contributed by atoms with Gasteiger partial charge < -0.3 is 10.1 Å². The lowest BCUT2D eigenvalue weighted by Crippen LogP contribution is -2.37. The van der Waals surface area contributed by atoms with Crippen LogP contribution < -0.4 is 5.32 Å². The zero-order valence-electron chi connectivity index (χ0n) is 16.2. The molecule has 2 aromatic carbocycles. The van der Waals surface area contributed by atoms with Crippen LogP contribution >= 0.6 is 0 Å². The van der Waals surface area contributed by atoms with Gasteiger partial charge in [-0.25, -0.2) is 12.8 Å². The van der Waals surface area contributed by atoms with Crippen LogP contribution in [0.5, 0.6) is 0 Å². The molecule has 0 radical (unpaired) electrons. The number of esters is 1. The van der Waals surface area contributed by atoms with E-state index in [0.29, 0.717) is 12.3 Å². The van der Waals surface area contributed by atoms with E-state index in [0.717, 1.165) is 34.1 Å². The van der Waals surface area contributed by atoms with E-state index >= 15 is 0 Å². The van der Waals surface area contributed by atoms with Crippen molar-refractivity contribution in [3.63, 3.8) is 0 Å². The van der Waals surface area contributed by atoms with Crippen LogP contribution in [0.25, 0.3) is 0 Å². The van der Waals surface area contributed by atoms with Crippen molar-refractivity contribution in [2.75, 3.05) is 25.0 Å². The smallest absolute Gasteiger partial charge is 0.310 e. The molecule has 0 aliphatic heterocycles. The summed E-state index contributed by atoms with van der Waals surface area (Å²) >= 11 is 0. The highest BCUT2D eigenvalue weighted by atomic mass is 32.2. The predicted octanol–water partition coefficient (Wildman–Crippen LogP) is 2.58. The van der Waals surface area contributed by atoms with Gasteiger partial charge in [-0.2, -0.15) is 4.31 Å². The minimum Gasteiger partial charge on any atom is -0.466 e. The maximum absolute atomic E-state index is 13.0. The van der Waals surface area contributed by atoms with Crippen LogP contribution in [0, 0.1) is 5.82 Å². The highest BCUT2D eigenvalue weighted by Crippen LogP contribution is 2.16. The molecule has 0 aliphatic carbocycles. The Labute approximate surface area is 169 Å². The molecule has 0 fully saturated rings. The van der Waals surface area contributed by atoms with Gasteiger partial charge in [-0.05, 0) is 48.9 Å². The number of carbonyl (C=O) groups excluding carboxylic acids is 2. The van der Waals surface area contributed by atoms with Crippen LogP contribution in [0.4, 0.5) is 10.1 Å². The number of benzene rings is 2. The van der Waals surface area contributed by atoms with E-state index in [4.69, 9.17) is 4.74 Å². The van der Waals surface area contributed by atoms with Crippen LogP contribution in [0.15, 0.2) is 53.4 Å². The van der Waals surface area contributed by atoms with E-state index < -0.39 is 21.7 Å². The van der Waals surface area contributed by atoms with Gasteiger partial charge in [0.15, 0.2) is 0 Å². The number of carbonyl (C=O) groups is 2. The minimum absolute atomic E-state index is 0.0750. The lowest BCUT2D eigenvalue weighted by Gasteiger charge is -2.20. The number of halogens is 1. The third kappa shape index (κ3) is 6.37. The summed E-state index contributed by atoms with van der Waals surface area (Å²) in [4.78, 5) is 23.7. The van der Waals surface area contributed by atoms with E-state index in [1.54, 1.807) is 38.1 Å². The fourth-order valence-electron chi connectivity index (χ4n) is 2.57. The molecule has 7 nitrogen and oxygen atoms in total. The number of likely N-dealkylation sites (N-methyl/N-ethyl adjacent to an activating group) is 1. The van der Waals surface area contributed by atoms with Gasteiger partial charge in [0.05, 0.1) is 24.5 Å². The van der Waals surface area contributed by atoms with Crippen LogP contribution in [-0.4, -0.2) is 44.3 Å². The normalized spacial score (nSPS) is 11.3. The second-order valence-corrected chi connectivity index (χ2v) is 8.05. The van der Waals surface area contributed by atoms with Crippen LogP contribution in [0.3, 0.4) is 0 Å². The molecule has 1 amide bonds. The van der Waals surface area contributed by atoms with Gasteiger partial charge in [-0.3, -0.25) is 9.59 Å². The summed E-state index contributed by atoms with van der Waals surface area (Å²) in [5.41, 5.74) is 1.20. The Morgan fingerprint density at radius 2 is 1.66 bits per heavy atom. The number of hydrogen-bond acceptors (Lipinski definition) is 5. The quantitative estimate of drug-likeness (QED) is 0.627. The molecule has 9 heteroatoms. The first-order chi connectivity index (χ1) is 13.8. The second-order valence-electron chi connectivity index (χ2n) is 6.11. The number of amides is 1. The summed E-state index contributed by atoms with van der Waals surface area (Å²) in [7, 11) is -3.93. The average Bonchev–Trinajstić information content (AvgIpc) is 2.68. The molecular formula is C20H23FN2O5S. The van der Waals surface area contributed by atoms with Crippen molar-refractivity contribution in [1.29, 1.82) is 0 Å². The molecule has 2 rings (SSSR count). The first-order valence-corrected chi connectivity index (χ1v) is 10.5. The highest BCUT2D eigenvalue weighted by Gasteiger charge is 2.25. The summed E-state index contributed by atoms with van der Waals surface area (Å²) in [6, 6.07) is 11.0. The van der Waals surface area contributed by atoms with Crippen LogP contribution in [0.2, 0.25) is 0 Å². The second kappa shape index (κ2) is 10.1. The number of sulfonamides is 1. The van der Waals surface area contributed by atoms with E-state index in [-0.39, 0.29) is 30.4 Å². The first kappa shape index (κ1) is 22.5. The number of rotatable bonds is 9. The van der Waals surface area contributed by atoms with Crippen molar-refractivity contribution in [2.24, 2.45) is 0 Å². The van der Waals surface area contributed by atoms with Gasteiger partial charge >= 0.3 is 5.97 Å². The molecule has 0 heterocycles. The molecule has 1 N–H and O–H groups in total. The van der Waals surface area contributed by atoms with Gasteiger partial charge in [0.25, 0.3) is 0 Å². The summed E-state index contributed by atoms with van der Waals surface area (Å²) in [6.07, 6.45) is 0.127. The van der Waals surface area contributed by atoms with Gasteiger partial charge in [-0.15, -0.1) is 0 Å². The number of anilines is 1. The fourth-order valence-corrected chi connectivity index (χ4v) is 3.97. The van der Waals surface area contributed by atoms with Crippen molar-refractivity contribution in [3.8, 4) is 0 Å². The molecule has 156 valence electrons. The van der Waals surface area contributed by atoms with Gasteiger partial charge in [0.1, 0.15) is 5.82 Å². The third-order valence-corrected chi connectivity index (χ3v) is 5.95. The van der Waals surface area contributed by atoms with Crippen molar-refractivity contribution in [1.82, 2.24) is 4.31 Å². The van der Waals surface area contributed by atoms with E-state index in [1.807, 2.05) is 0 Å². The molecule has 0 spiro atoms. The first-order valence-electron chi connectivity index (χ1n) is 9.06. The van der Waals surface area contributed by atoms with Crippen molar-refractivity contribution in [3.05, 3.63) is 59.9 Å². The summed E-state index contributed by atoms with van der Waals surface area (Å²) in [5.74, 6) is -1.40. The lowest BCUT2D eigenvalue weighted by atomic mass is 10.1. The van der Waals surface area contributed by atoms with Gasteiger partial charge in [0.2, 0.25) is 15.9 Å². The fraction of sp³-hybridized carbons (Fsp3) is 0.300. The van der Waals surface area contributed by atoms with E-state index in [1.165, 1.54) is 0 Å². The van der Waals surface area contributed by atoms with Crippen LogP contribution in [-0.2, 0) is 30.8 Å². The van der Waals surface area contributed by atoms with Crippen molar-refractivity contribution >= 4 is 27.6 Å². The highest BCUT2D eigenvalue weighted by molar-refractivity contribution is 7.89. The molecular weight excluding hydrogens is 399 g/mol. The molecule has 0 atom stereocenters. The van der Waals surface area contributed by atoms with Crippen molar-refractivity contribution < 1.29 is 27.1 Å². The molecule has 0 unspecified atom stereocenters. The molecule has 0 aliphatic rings. The zero-order valence-corrected chi connectivity index (χ0v) is 17.0. The molecule has 0 saturated heterocycles. The number of nitrogens with zero attached hydrogens (tertiary/aromatic N) is 1. The third-order valence-electron chi connectivity index (χ3n) is 4.02. The SMILES string of the molecule is CCOC(=O)Cc1ccc(NC(=O)CN(CC)S(=O)(=O)c2ccc(F)cc2)cc1. The predicted molar refractivity (Wildman–Crippen MR) is 106 cm³/mol. The van der Waals surface area contributed by atoms with Gasteiger partial charge in [-0.1, -0.05) is 19.1 Å². The Morgan fingerprint density at radius 1 is 1.03 bits per heavy atom. The molecule has 0 bridgehead atoms. The molecule has 2 aromatic rings. The maximum Gasteiger partial charge on any atom is 0.310 e. The zero-order chi connectivity index (χ0) is 21.4. The molecule has 0 aromatic heterocycles. The van der Waals surface area contributed by atoms with E-state index in [9.17, 15) is 22.4 Å². The summed E-state index contributed by atoms with van der Waals surface area (Å²) < 4.78 is 44.2. The van der Waals surface area contributed by atoms with Crippen molar-refractivity contribution in [2.45, 2.75) is 25.2 Å². The number of nitrogens with one attached hydrogen (secondary N) is 1.